The van der Waals surface area contributed by atoms with Crippen LogP contribution in [0.3, 0.4) is 0 Å². The molecular weight excluding hydrogens is 330 g/mol. The first-order valence-electron chi connectivity index (χ1n) is 6.44. The van der Waals surface area contributed by atoms with Gasteiger partial charge in [0.05, 0.1) is 9.89 Å². The van der Waals surface area contributed by atoms with Gasteiger partial charge in [-0.15, -0.1) is 11.3 Å². The lowest BCUT2D eigenvalue weighted by molar-refractivity contribution is -0.128. The van der Waals surface area contributed by atoms with Crippen molar-refractivity contribution in [3.8, 4) is 0 Å². The topological polar surface area (TPSA) is 49.8 Å². The Morgan fingerprint density at radius 2 is 2.26 bits per heavy atom. The lowest BCUT2D eigenvalue weighted by atomic mass is 9.84. The number of thiophene rings is 1. The first kappa shape index (κ1) is 13.4. The fraction of sp³-hybridized carbons (Fsp3) is 0.615. The molecule has 1 N–H and O–H groups in total. The molecule has 0 radical (unpaired) electrons. The Hall–Kier alpha value is -0.590. The van der Waals surface area contributed by atoms with Gasteiger partial charge in [-0.2, -0.15) is 0 Å². The van der Waals surface area contributed by atoms with E-state index in [0.29, 0.717) is 13.1 Å². The molecule has 1 fully saturated rings. The van der Waals surface area contributed by atoms with Crippen LogP contribution in [0.1, 0.15) is 30.2 Å². The fourth-order valence-corrected chi connectivity index (χ4v) is 5.00. The van der Waals surface area contributed by atoms with E-state index in [4.69, 9.17) is 9.84 Å². The van der Waals surface area contributed by atoms with Crippen LogP contribution in [0.15, 0.2) is 9.85 Å². The molecule has 2 aliphatic heterocycles. The maximum absolute atomic E-state index is 11.0. The summed E-state index contributed by atoms with van der Waals surface area (Å²) in [5, 5.41) is 9.06. The van der Waals surface area contributed by atoms with E-state index in [2.05, 4.69) is 28.9 Å². The van der Waals surface area contributed by atoms with Crippen molar-refractivity contribution >= 4 is 33.4 Å². The molecule has 6 heteroatoms. The molecule has 1 saturated heterocycles. The zero-order valence-corrected chi connectivity index (χ0v) is 13.1. The van der Waals surface area contributed by atoms with Gasteiger partial charge >= 0.3 is 6.09 Å². The van der Waals surface area contributed by atoms with Crippen molar-refractivity contribution in [1.29, 1.82) is 0 Å². The molecule has 3 heterocycles. The molecule has 0 aliphatic carbocycles. The van der Waals surface area contributed by atoms with Gasteiger partial charge in [-0.25, -0.2) is 4.79 Å². The van der Waals surface area contributed by atoms with Crippen LogP contribution in [-0.2, 0) is 16.8 Å². The summed E-state index contributed by atoms with van der Waals surface area (Å²) in [5.74, 6) is 0. The second kappa shape index (κ2) is 4.75. The summed E-state index contributed by atoms with van der Waals surface area (Å²) in [5.41, 5.74) is 1.09. The van der Waals surface area contributed by atoms with Gasteiger partial charge in [0.15, 0.2) is 0 Å². The Balaban J connectivity index is 1.90. The largest absolute Gasteiger partial charge is 0.465 e. The quantitative estimate of drug-likeness (QED) is 0.783. The van der Waals surface area contributed by atoms with E-state index >= 15 is 0 Å². The van der Waals surface area contributed by atoms with Crippen molar-refractivity contribution in [3.63, 3.8) is 0 Å². The zero-order chi connectivity index (χ0) is 13.6. The van der Waals surface area contributed by atoms with E-state index in [-0.39, 0.29) is 11.7 Å². The van der Waals surface area contributed by atoms with Crippen molar-refractivity contribution in [3.05, 3.63) is 20.3 Å². The Labute approximate surface area is 124 Å². The third kappa shape index (κ3) is 2.30. The first-order valence-corrected chi connectivity index (χ1v) is 8.05. The van der Waals surface area contributed by atoms with Crippen LogP contribution in [0.25, 0.3) is 0 Å². The number of fused-ring (bicyclic) bond motifs is 2. The molecule has 2 aliphatic rings. The van der Waals surface area contributed by atoms with Gasteiger partial charge in [-0.1, -0.05) is 0 Å². The molecule has 19 heavy (non-hydrogen) atoms. The Bertz CT molecular complexity index is 508. The average molecular weight is 346 g/mol. The summed E-state index contributed by atoms with van der Waals surface area (Å²) < 4.78 is 7.39. The van der Waals surface area contributed by atoms with Crippen LogP contribution < -0.4 is 0 Å². The van der Waals surface area contributed by atoms with Gasteiger partial charge in [0.2, 0.25) is 0 Å². The van der Waals surface area contributed by atoms with Gasteiger partial charge in [0, 0.05) is 18.0 Å². The van der Waals surface area contributed by atoms with E-state index < -0.39 is 6.09 Å². The Morgan fingerprint density at radius 1 is 1.58 bits per heavy atom. The van der Waals surface area contributed by atoms with Crippen molar-refractivity contribution in [1.82, 2.24) is 4.90 Å². The number of likely N-dealkylation sites (tertiary alicyclic amines) is 1. The number of rotatable bonds is 0. The first-order chi connectivity index (χ1) is 9.00. The van der Waals surface area contributed by atoms with Gasteiger partial charge in [-0.3, -0.25) is 0 Å². The normalized spacial score (nSPS) is 25.4. The van der Waals surface area contributed by atoms with Crippen LogP contribution in [-0.4, -0.2) is 35.3 Å². The van der Waals surface area contributed by atoms with Crippen LogP contribution in [0, 0.1) is 0 Å². The molecule has 0 unspecified atom stereocenters. The molecule has 0 saturated carbocycles. The van der Waals surface area contributed by atoms with Crippen molar-refractivity contribution < 1.29 is 14.6 Å². The molecule has 0 bridgehead atoms. The minimum Gasteiger partial charge on any atom is -0.465 e. The highest BCUT2D eigenvalue weighted by Gasteiger charge is 2.44. The van der Waals surface area contributed by atoms with E-state index in [1.807, 2.05) is 0 Å². The smallest absolute Gasteiger partial charge is 0.407 e. The molecule has 1 amide bonds. The lowest BCUT2D eigenvalue weighted by Crippen LogP contribution is -2.49. The molecule has 1 aromatic heterocycles. The van der Waals surface area contributed by atoms with Crippen LogP contribution in [0.2, 0.25) is 0 Å². The molecular formula is C13H16BrNO3S. The number of halogens is 1. The zero-order valence-electron chi connectivity index (χ0n) is 10.7. The lowest BCUT2D eigenvalue weighted by Gasteiger charge is -2.45. The number of carbonyl (C=O) groups is 1. The van der Waals surface area contributed by atoms with E-state index in [1.54, 1.807) is 11.3 Å². The van der Waals surface area contributed by atoms with E-state index in [0.717, 1.165) is 23.0 Å². The predicted molar refractivity (Wildman–Crippen MR) is 76.8 cm³/mol. The number of hydrogen-bond donors (Lipinski definition) is 1. The standard InChI is InChI=1S/C13H16BrNO3S/c1-8-6-9-7-10(14)19-11(9)13(18-8)2-4-15(5-3-13)12(16)17/h7-8H,2-6H2,1H3,(H,16,17)/t8-/m0/s1. The van der Waals surface area contributed by atoms with E-state index in [1.165, 1.54) is 15.3 Å². The highest BCUT2D eigenvalue weighted by molar-refractivity contribution is 9.11. The van der Waals surface area contributed by atoms with Gasteiger partial charge in [0.1, 0.15) is 5.60 Å². The summed E-state index contributed by atoms with van der Waals surface area (Å²) in [6.07, 6.45) is 1.83. The van der Waals surface area contributed by atoms with Gasteiger partial charge in [0.25, 0.3) is 0 Å². The number of nitrogens with zero attached hydrogens (tertiary/aromatic N) is 1. The summed E-state index contributed by atoms with van der Waals surface area (Å²) in [6.45, 7) is 3.20. The van der Waals surface area contributed by atoms with Crippen molar-refractivity contribution in [2.75, 3.05) is 13.1 Å². The molecule has 0 aromatic carbocycles. The number of amides is 1. The highest BCUT2D eigenvalue weighted by Crippen LogP contribution is 2.47. The number of piperidine rings is 1. The minimum absolute atomic E-state index is 0.199. The van der Waals surface area contributed by atoms with Crippen molar-refractivity contribution in [2.45, 2.75) is 37.9 Å². The number of ether oxygens (including phenoxy) is 1. The average Bonchev–Trinajstić information content (AvgIpc) is 2.71. The summed E-state index contributed by atoms with van der Waals surface area (Å²) in [7, 11) is 0. The minimum atomic E-state index is -0.828. The molecule has 4 nitrogen and oxygen atoms in total. The second-order valence-corrected chi connectivity index (χ2v) is 7.73. The number of carboxylic acid groups (broad SMARTS) is 1. The van der Waals surface area contributed by atoms with Crippen LogP contribution >= 0.6 is 27.3 Å². The second-order valence-electron chi connectivity index (χ2n) is 5.30. The van der Waals surface area contributed by atoms with Gasteiger partial charge in [-0.05, 0) is 53.7 Å². The summed E-state index contributed by atoms with van der Waals surface area (Å²) >= 11 is 5.29. The highest BCUT2D eigenvalue weighted by atomic mass is 79.9. The molecule has 3 rings (SSSR count). The third-order valence-corrected chi connectivity index (χ3v) is 5.83. The molecule has 104 valence electrons. The molecule has 1 spiro atoms. The maximum Gasteiger partial charge on any atom is 0.407 e. The predicted octanol–water partition coefficient (Wildman–Crippen LogP) is 3.44. The SMILES string of the molecule is C[C@H]1Cc2cc(Br)sc2C2(CCN(C(=O)O)CC2)O1. The molecule has 1 aromatic rings. The van der Waals surface area contributed by atoms with E-state index in [9.17, 15) is 4.79 Å². The van der Waals surface area contributed by atoms with Crippen LogP contribution in [0.5, 0.6) is 0 Å². The molecule has 1 atom stereocenters. The van der Waals surface area contributed by atoms with Gasteiger partial charge < -0.3 is 14.7 Å². The fourth-order valence-electron chi connectivity index (χ4n) is 3.13. The third-order valence-electron chi connectivity index (χ3n) is 3.97. The summed E-state index contributed by atoms with van der Waals surface area (Å²) in [6, 6.07) is 2.18. The Kier molecular flexibility index (Phi) is 3.35. The van der Waals surface area contributed by atoms with Crippen molar-refractivity contribution in [2.24, 2.45) is 0 Å². The Morgan fingerprint density at radius 3 is 2.89 bits per heavy atom. The van der Waals surface area contributed by atoms with Crippen LogP contribution in [0.4, 0.5) is 4.79 Å². The number of hydrogen-bond acceptors (Lipinski definition) is 3. The summed E-state index contributed by atoms with van der Waals surface area (Å²) in [4.78, 5) is 13.8. The monoisotopic (exact) mass is 345 g/mol. The maximum atomic E-state index is 11.0.